The van der Waals surface area contributed by atoms with Gasteiger partial charge < -0.3 is 0 Å². The van der Waals surface area contributed by atoms with E-state index in [1.54, 1.807) is 0 Å². The molecule has 0 bridgehead atoms. The zero-order valence-corrected chi connectivity index (χ0v) is 9.46. The molecule has 0 saturated carbocycles. The summed E-state index contributed by atoms with van der Waals surface area (Å²) in [6.07, 6.45) is 4.70. The van der Waals surface area contributed by atoms with E-state index >= 15 is 0 Å². The van der Waals surface area contributed by atoms with Gasteiger partial charge in [0.25, 0.3) is 0 Å². The molecule has 1 rings (SSSR count). The minimum Gasteiger partial charge on any atom is -0.0830 e. The van der Waals surface area contributed by atoms with Crippen molar-refractivity contribution in [3.05, 3.63) is 47.5 Å². The highest BCUT2D eigenvalue weighted by Gasteiger charge is 1.94. The second kappa shape index (κ2) is 5.64. The van der Waals surface area contributed by atoms with Crippen LogP contribution in [0.2, 0.25) is 0 Å². The number of hydrogen-bond acceptors (Lipinski definition) is 0. The van der Waals surface area contributed by atoms with Gasteiger partial charge in [0.05, 0.1) is 0 Å². The van der Waals surface area contributed by atoms with Crippen molar-refractivity contribution in [2.24, 2.45) is 5.92 Å². The summed E-state index contributed by atoms with van der Waals surface area (Å²) in [7, 11) is 0. The van der Waals surface area contributed by atoms with Crippen molar-refractivity contribution >= 4 is 0 Å². The lowest BCUT2D eigenvalue weighted by molar-refractivity contribution is 0.803. The third kappa shape index (κ3) is 4.27. The Morgan fingerprint density at radius 1 is 1.21 bits per heavy atom. The summed E-state index contributed by atoms with van der Waals surface area (Å²) in [5.41, 5.74) is 2.94. The van der Waals surface area contributed by atoms with Crippen LogP contribution in [0, 0.1) is 5.92 Å². The van der Waals surface area contributed by atoms with Gasteiger partial charge in [-0.3, -0.25) is 0 Å². The van der Waals surface area contributed by atoms with E-state index in [0.29, 0.717) is 5.92 Å². The first-order valence-corrected chi connectivity index (χ1v) is 5.39. The van der Waals surface area contributed by atoms with Crippen LogP contribution in [0.3, 0.4) is 0 Å². The fourth-order valence-electron chi connectivity index (χ4n) is 1.64. The van der Waals surface area contributed by atoms with Crippen molar-refractivity contribution in [3.63, 3.8) is 0 Å². The van der Waals surface area contributed by atoms with Gasteiger partial charge in [0, 0.05) is 0 Å². The van der Waals surface area contributed by atoms with Gasteiger partial charge in [-0.2, -0.15) is 0 Å². The molecular weight excluding hydrogens is 168 g/mol. The van der Waals surface area contributed by atoms with Crippen molar-refractivity contribution in [3.8, 4) is 0 Å². The second-order valence-electron chi connectivity index (χ2n) is 4.24. The molecule has 0 atom stereocenters. The van der Waals surface area contributed by atoms with E-state index in [4.69, 9.17) is 0 Å². The molecule has 1 aromatic carbocycles. The molecule has 0 radical (unpaired) electrons. The molecule has 0 aliphatic carbocycles. The molecule has 0 unspecified atom stereocenters. The molecular formula is C14H20. The molecule has 0 N–H and O–H groups in total. The van der Waals surface area contributed by atoms with E-state index in [2.05, 4.69) is 57.2 Å². The molecule has 0 amide bonds. The van der Waals surface area contributed by atoms with E-state index < -0.39 is 0 Å². The van der Waals surface area contributed by atoms with E-state index in [0.717, 1.165) is 6.42 Å². The maximum Gasteiger partial charge on any atom is -0.0242 e. The van der Waals surface area contributed by atoms with Crippen LogP contribution in [-0.4, -0.2) is 0 Å². The molecule has 0 nitrogen and oxygen atoms in total. The lowest BCUT2D eigenvalue weighted by atomic mass is 10.0. The molecule has 0 spiro atoms. The zero-order valence-electron chi connectivity index (χ0n) is 9.46. The predicted octanol–water partition coefficient (Wildman–Crippen LogP) is 4.22. The first kappa shape index (κ1) is 11.0. The van der Waals surface area contributed by atoms with Crippen molar-refractivity contribution < 1.29 is 0 Å². The standard InChI is InChI=1S/C14H20/c1-12(2)11-13(3)9-10-14-7-5-4-6-8-14/h4-8,11-12H,9-10H2,1-3H3/b13-11-. The summed E-state index contributed by atoms with van der Waals surface area (Å²) in [6.45, 7) is 6.68. The van der Waals surface area contributed by atoms with Crippen LogP contribution in [-0.2, 0) is 6.42 Å². The van der Waals surface area contributed by atoms with Gasteiger partial charge in [0.1, 0.15) is 0 Å². The molecule has 0 fully saturated rings. The highest BCUT2D eigenvalue weighted by molar-refractivity contribution is 5.16. The molecule has 0 aliphatic rings. The maximum atomic E-state index is 2.35. The summed E-state index contributed by atoms with van der Waals surface area (Å²) in [6, 6.07) is 10.7. The van der Waals surface area contributed by atoms with Crippen LogP contribution in [0.15, 0.2) is 42.0 Å². The molecule has 0 heterocycles. The van der Waals surface area contributed by atoms with Crippen molar-refractivity contribution in [2.75, 3.05) is 0 Å². The average Bonchev–Trinajstić information content (AvgIpc) is 2.15. The van der Waals surface area contributed by atoms with Gasteiger partial charge in [0.2, 0.25) is 0 Å². The summed E-state index contributed by atoms with van der Waals surface area (Å²) in [5, 5.41) is 0. The average molecular weight is 188 g/mol. The van der Waals surface area contributed by atoms with Gasteiger partial charge in [-0.05, 0) is 31.2 Å². The minimum atomic E-state index is 0.672. The molecule has 0 aromatic heterocycles. The number of allylic oxidation sites excluding steroid dienone is 2. The summed E-state index contributed by atoms with van der Waals surface area (Å²) in [4.78, 5) is 0. The Bertz CT molecular complexity index is 280. The van der Waals surface area contributed by atoms with Gasteiger partial charge in [-0.1, -0.05) is 55.8 Å². The van der Waals surface area contributed by atoms with Gasteiger partial charge in [0.15, 0.2) is 0 Å². The van der Waals surface area contributed by atoms with Crippen LogP contribution in [0.1, 0.15) is 32.8 Å². The highest BCUT2D eigenvalue weighted by Crippen LogP contribution is 2.10. The van der Waals surface area contributed by atoms with Gasteiger partial charge in [-0.15, -0.1) is 0 Å². The largest absolute Gasteiger partial charge is 0.0830 e. The smallest absolute Gasteiger partial charge is 0.0242 e. The van der Waals surface area contributed by atoms with Crippen molar-refractivity contribution in [1.29, 1.82) is 0 Å². The van der Waals surface area contributed by atoms with E-state index in [-0.39, 0.29) is 0 Å². The Labute approximate surface area is 87.7 Å². The van der Waals surface area contributed by atoms with Gasteiger partial charge >= 0.3 is 0 Å². The molecule has 0 aliphatic heterocycles. The Kier molecular flexibility index (Phi) is 4.45. The molecule has 0 saturated heterocycles. The Balaban J connectivity index is 2.42. The fraction of sp³-hybridized carbons (Fsp3) is 0.429. The lowest BCUT2D eigenvalue weighted by Crippen LogP contribution is -1.88. The molecule has 14 heavy (non-hydrogen) atoms. The first-order chi connectivity index (χ1) is 6.68. The third-order valence-corrected chi connectivity index (χ3v) is 2.27. The minimum absolute atomic E-state index is 0.672. The van der Waals surface area contributed by atoms with E-state index in [9.17, 15) is 0 Å². The van der Waals surface area contributed by atoms with E-state index in [1.807, 2.05) is 0 Å². The van der Waals surface area contributed by atoms with E-state index in [1.165, 1.54) is 17.6 Å². The zero-order chi connectivity index (χ0) is 10.4. The quantitative estimate of drug-likeness (QED) is 0.620. The molecule has 0 heteroatoms. The third-order valence-electron chi connectivity index (χ3n) is 2.27. The number of benzene rings is 1. The summed E-state index contributed by atoms with van der Waals surface area (Å²) >= 11 is 0. The Morgan fingerprint density at radius 2 is 1.86 bits per heavy atom. The van der Waals surface area contributed by atoms with Crippen LogP contribution >= 0.6 is 0 Å². The van der Waals surface area contributed by atoms with Crippen LogP contribution in [0.5, 0.6) is 0 Å². The monoisotopic (exact) mass is 188 g/mol. The lowest BCUT2D eigenvalue weighted by Gasteiger charge is -2.03. The molecule has 1 aromatic rings. The van der Waals surface area contributed by atoms with Crippen molar-refractivity contribution in [1.82, 2.24) is 0 Å². The van der Waals surface area contributed by atoms with Crippen LogP contribution in [0.25, 0.3) is 0 Å². The topological polar surface area (TPSA) is 0 Å². The number of aryl methyl sites for hydroxylation is 1. The maximum absolute atomic E-state index is 2.35. The Hall–Kier alpha value is -1.04. The normalized spacial score (nSPS) is 12.1. The second-order valence-corrected chi connectivity index (χ2v) is 4.24. The first-order valence-electron chi connectivity index (χ1n) is 5.39. The molecule has 76 valence electrons. The van der Waals surface area contributed by atoms with Crippen LogP contribution < -0.4 is 0 Å². The highest BCUT2D eigenvalue weighted by atomic mass is 14.0. The number of hydrogen-bond donors (Lipinski definition) is 0. The summed E-state index contributed by atoms with van der Waals surface area (Å²) < 4.78 is 0. The SMILES string of the molecule is C/C(=C/C(C)C)CCc1ccccc1. The van der Waals surface area contributed by atoms with Gasteiger partial charge in [-0.25, -0.2) is 0 Å². The van der Waals surface area contributed by atoms with Crippen molar-refractivity contribution in [2.45, 2.75) is 33.6 Å². The predicted molar refractivity (Wildman–Crippen MR) is 63.4 cm³/mol. The Morgan fingerprint density at radius 3 is 2.43 bits per heavy atom. The number of rotatable bonds is 4. The fourth-order valence-corrected chi connectivity index (χ4v) is 1.64. The van der Waals surface area contributed by atoms with Crippen LogP contribution in [0.4, 0.5) is 0 Å². The summed E-state index contributed by atoms with van der Waals surface area (Å²) in [5.74, 6) is 0.672.